The second-order valence-corrected chi connectivity index (χ2v) is 2.71. The second kappa shape index (κ2) is 8.50. The highest BCUT2D eigenvalue weighted by Crippen LogP contribution is 1.82. The number of hydrogen-bond acceptors (Lipinski definition) is 3. The van der Waals surface area contributed by atoms with E-state index in [-0.39, 0.29) is 18.5 Å². The van der Waals surface area contributed by atoms with E-state index in [9.17, 15) is 9.59 Å². The minimum absolute atomic E-state index is 0.0330. The minimum atomic E-state index is -0.0528. The molecule has 0 aromatic heterocycles. The van der Waals surface area contributed by atoms with E-state index in [1.54, 1.807) is 6.92 Å². The molecule has 0 aliphatic heterocycles. The van der Waals surface area contributed by atoms with E-state index < -0.39 is 0 Å². The summed E-state index contributed by atoms with van der Waals surface area (Å²) in [7, 11) is 0. The van der Waals surface area contributed by atoms with Crippen LogP contribution in [0.5, 0.6) is 0 Å². The van der Waals surface area contributed by atoms with Crippen LogP contribution in [0.15, 0.2) is 0 Å². The van der Waals surface area contributed by atoms with E-state index in [0.717, 1.165) is 0 Å². The quantitative estimate of drug-likeness (QED) is 0.451. The van der Waals surface area contributed by atoms with Gasteiger partial charge >= 0.3 is 0 Å². The van der Waals surface area contributed by atoms with Crippen LogP contribution in [0.3, 0.4) is 0 Å². The van der Waals surface area contributed by atoms with Gasteiger partial charge in [-0.15, -0.1) is 0 Å². The van der Waals surface area contributed by atoms with Crippen LogP contribution in [0.2, 0.25) is 0 Å². The molecule has 0 radical (unpaired) electrons. The lowest BCUT2D eigenvalue weighted by Crippen LogP contribution is -2.27. The number of amides is 2. The molecule has 14 heavy (non-hydrogen) atoms. The molecule has 0 fully saturated rings. The van der Waals surface area contributed by atoms with Crippen LogP contribution in [0.4, 0.5) is 0 Å². The van der Waals surface area contributed by atoms with Gasteiger partial charge in [-0.05, 0) is 6.92 Å². The Kier molecular flexibility index (Phi) is 7.83. The third kappa shape index (κ3) is 7.54. The molecule has 0 atom stereocenters. The maximum atomic E-state index is 10.9. The fraction of sp³-hybridized carbons (Fsp3) is 0.778. The number of nitrogens with one attached hydrogen (secondary N) is 2. The number of carbonyl (C=O) groups is 2. The van der Waals surface area contributed by atoms with Gasteiger partial charge in [-0.1, -0.05) is 6.92 Å². The summed E-state index contributed by atoms with van der Waals surface area (Å²) in [4.78, 5) is 21.7. The molecule has 2 amide bonds. The van der Waals surface area contributed by atoms with Crippen molar-refractivity contribution in [2.24, 2.45) is 0 Å². The minimum Gasteiger partial charge on any atom is -0.361 e. The zero-order valence-corrected chi connectivity index (χ0v) is 8.76. The third-order valence-corrected chi connectivity index (χ3v) is 1.54. The molecule has 0 saturated carbocycles. The second-order valence-electron chi connectivity index (χ2n) is 2.71. The molecule has 0 heterocycles. The lowest BCUT2D eigenvalue weighted by atomic mass is 10.4. The van der Waals surface area contributed by atoms with Crippen LogP contribution in [-0.2, 0) is 14.3 Å². The number of ether oxygens (including phenoxy) is 1. The Labute approximate surface area is 84.2 Å². The standard InChI is InChI=1S/C9H18N2O3/c1-3-8(12)11-7-14-6-5-9(13)10-4-2/h3-7H2,1-2H3,(H,10,13)(H,11,12). The first-order valence-electron chi connectivity index (χ1n) is 4.81. The molecule has 0 aliphatic carbocycles. The monoisotopic (exact) mass is 202 g/mol. The zero-order chi connectivity index (χ0) is 10.8. The van der Waals surface area contributed by atoms with E-state index >= 15 is 0 Å². The summed E-state index contributed by atoms with van der Waals surface area (Å²) in [6, 6.07) is 0. The summed E-state index contributed by atoms with van der Waals surface area (Å²) in [5, 5.41) is 5.20. The van der Waals surface area contributed by atoms with Gasteiger partial charge in [-0.25, -0.2) is 0 Å². The zero-order valence-electron chi connectivity index (χ0n) is 8.76. The topological polar surface area (TPSA) is 67.4 Å². The molecule has 0 bridgehead atoms. The predicted octanol–water partition coefficient (Wildman–Crippen LogP) is 0.0129. The van der Waals surface area contributed by atoms with Crippen molar-refractivity contribution in [1.29, 1.82) is 0 Å². The summed E-state index contributed by atoms with van der Waals surface area (Å²) in [6.07, 6.45) is 0.773. The van der Waals surface area contributed by atoms with Crippen molar-refractivity contribution in [3.05, 3.63) is 0 Å². The lowest BCUT2D eigenvalue weighted by molar-refractivity contribution is -0.123. The lowest BCUT2D eigenvalue weighted by Gasteiger charge is -2.05. The molecule has 0 unspecified atom stereocenters. The first kappa shape index (κ1) is 12.9. The Morgan fingerprint density at radius 3 is 2.43 bits per heavy atom. The van der Waals surface area contributed by atoms with E-state index in [2.05, 4.69) is 10.6 Å². The van der Waals surface area contributed by atoms with Gasteiger partial charge in [0.1, 0.15) is 6.73 Å². The molecular formula is C9H18N2O3. The first-order valence-corrected chi connectivity index (χ1v) is 4.81. The first-order chi connectivity index (χ1) is 6.70. The van der Waals surface area contributed by atoms with Gasteiger partial charge in [-0.3, -0.25) is 9.59 Å². The summed E-state index contributed by atoms with van der Waals surface area (Å²) < 4.78 is 5.03. The highest BCUT2D eigenvalue weighted by Gasteiger charge is 1.99. The Hall–Kier alpha value is -1.10. The average Bonchev–Trinajstić information content (AvgIpc) is 2.17. The van der Waals surface area contributed by atoms with Crippen LogP contribution >= 0.6 is 0 Å². The molecular weight excluding hydrogens is 184 g/mol. The van der Waals surface area contributed by atoms with Gasteiger partial charge in [0.15, 0.2) is 0 Å². The van der Waals surface area contributed by atoms with Crippen molar-refractivity contribution in [3.8, 4) is 0 Å². The van der Waals surface area contributed by atoms with Crippen LogP contribution in [0.25, 0.3) is 0 Å². The maximum Gasteiger partial charge on any atom is 0.222 e. The van der Waals surface area contributed by atoms with Crippen LogP contribution in [0, 0.1) is 0 Å². The highest BCUT2D eigenvalue weighted by atomic mass is 16.5. The fourth-order valence-corrected chi connectivity index (χ4v) is 0.779. The molecule has 0 aliphatic rings. The van der Waals surface area contributed by atoms with Crippen LogP contribution < -0.4 is 10.6 Å². The van der Waals surface area contributed by atoms with Gasteiger partial charge in [0.05, 0.1) is 13.0 Å². The fourth-order valence-electron chi connectivity index (χ4n) is 0.779. The van der Waals surface area contributed by atoms with Crippen molar-refractivity contribution in [1.82, 2.24) is 10.6 Å². The number of carbonyl (C=O) groups excluding carboxylic acids is 2. The average molecular weight is 202 g/mol. The Bertz CT molecular complexity index is 183. The highest BCUT2D eigenvalue weighted by molar-refractivity contribution is 5.76. The van der Waals surface area contributed by atoms with Crippen molar-refractivity contribution in [2.45, 2.75) is 26.7 Å². The molecule has 5 nitrogen and oxygen atoms in total. The van der Waals surface area contributed by atoms with Crippen molar-refractivity contribution >= 4 is 11.8 Å². The molecule has 0 aromatic carbocycles. The molecule has 0 saturated heterocycles. The van der Waals surface area contributed by atoms with Crippen molar-refractivity contribution in [3.63, 3.8) is 0 Å². The third-order valence-electron chi connectivity index (χ3n) is 1.54. The van der Waals surface area contributed by atoms with Gasteiger partial charge < -0.3 is 15.4 Å². The molecule has 0 aromatic rings. The van der Waals surface area contributed by atoms with Gasteiger partial charge in [-0.2, -0.15) is 0 Å². The molecule has 0 spiro atoms. The van der Waals surface area contributed by atoms with E-state index in [4.69, 9.17) is 4.74 Å². The largest absolute Gasteiger partial charge is 0.361 e. The van der Waals surface area contributed by atoms with E-state index in [1.807, 2.05) is 6.92 Å². The summed E-state index contributed by atoms with van der Waals surface area (Å²) in [6.45, 7) is 4.76. The van der Waals surface area contributed by atoms with Gasteiger partial charge in [0.25, 0.3) is 0 Å². The van der Waals surface area contributed by atoms with Crippen LogP contribution in [0.1, 0.15) is 26.7 Å². The predicted molar refractivity (Wildman–Crippen MR) is 52.6 cm³/mol. The Balaban J connectivity index is 3.21. The Morgan fingerprint density at radius 2 is 1.86 bits per heavy atom. The summed E-state index contributed by atoms with van der Waals surface area (Å²) in [5.41, 5.74) is 0. The van der Waals surface area contributed by atoms with Crippen molar-refractivity contribution < 1.29 is 14.3 Å². The van der Waals surface area contributed by atoms with Crippen molar-refractivity contribution in [2.75, 3.05) is 19.9 Å². The molecule has 2 N–H and O–H groups in total. The molecule has 82 valence electrons. The van der Waals surface area contributed by atoms with E-state index in [1.165, 1.54) is 0 Å². The SMILES string of the molecule is CCNC(=O)CCOCNC(=O)CC. The van der Waals surface area contributed by atoms with Gasteiger partial charge in [0, 0.05) is 13.0 Å². The smallest absolute Gasteiger partial charge is 0.222 e. The molecule has 0 rings (SSSR count). The normalized spacial score (nSPS) is 9.57. The molecule has 5 heteroatoms. The number of rotatable bonds is 7. The van der Waals surface area contributed by atoms with Crippen LogP contribution in [-0.4, -0.2) is 31.7 Å². The summed E-state index contributed by atoms with van der Waals surface area (Å²) >= 11 is 0. The van der Waals surface area contributed by atoms with Gasteiger partial charge in [0.2, 0.25) is 11.8 Å². The summed E-state index contributed by atoms with van der Waals surface area (Å²) in [5.74, 6) is -0.0858. The number of hydrogen-bond donors (Lipinski definition) is 2. The Morgan fingerprint density at radius 1 is 1.14 bits per heavy atom. The van der Waals surface area contributed by atoms with E-state index in [0.29, 0.717) is 26.0 Å². The maximum absolute atomic E-state index is 10.9.